The van der Waals surface area contributed by atoms with Crippen LogP contribution in [0.25, 0.3) is 0 Å². The van der Waals surface area contributed by atoms with Crippen LogP contribution >= 0.6 is 0 Å². The second-order valence-corrected chi connectivity index (χ2v) is 5.64. The maximum atomic E-state index is 5.92. The molecule has 1 aromatic rings. The molecule has 0 amide bonds. The molecule has 3 nitrogen and oxygen atoms in total. The van der Waals surface area contributed by atoms with Crippen molar-refractivity contribution in [2.24, 2.45) is 0 Å². The number of rotatable bonds is 6. The number of benzene rings is 1. The van der Waals surface area contributed by atoms with Gasteiger partial charge < -0.3 is 15.1 Å². The van der Waals surface area contributed by atoms with Gasteiger partial charge in [-0.2, -0.15) is 0 Å². The lowest BCUT2D eigenvalue weighted by atomic mass is 10.1. The molecule has 0 unspecified atom stereocenters. The SMILES string of the molecule is CC[N+](CC)(CC)CCN1CCc2ccc(N)cc21. The van der Waals surface area contributed by atoms with Crippen molar-refractivity contribution in [3.8, 4) is 0 Å². The Bertz CT molecular complexity index is 416. The van der Waals surface area contributed by atoms with E-state index in [0.29, 0.717) is 0 Å². The Hall–Kier alpha value is -1.22. The Morgan fingerprint density at radius 3 is 2.47 bits per heavy atom. The standard InChI is InChI=1S/C16H28N3/c1-4-19(5-2,6-3)12-11-18-10-9-14-7-8-15(17)13-16(14)18/h7-8,13H,4-6,9-12,17H2,1-3H3/q+1. The van der Waals surface area contributed by atoms with E-state index in [1.165, 1.54) is 48.3 Å². The minimum absolute atomic E-state index is 0.882. The first kappa shape index (κ1) is 14.2. The normalized spacial score (nSPS) is 14.8. The van der Waals surface area contributed by atoms with Crippen LogP contribution in [-0.4, -0.2) is 43.8 Å². The Balaban J connectivity index is 2.05. The highest BCUT2D eigenvalue weighted by Crippen LogP contribution is 2.29. The van der Waals surface area contributed by atoms with Crippen LogP contribution in [0.4, 0.5) is 11.4 Å². The molecule has 0 bridgehead atoms. The Kier molecular flexibility index (Phi) is 4.35. The van der Waals surface area contributed by atoms with Crippen molar-refractivity contribution in [2.45, 2.75) is 27.2 Å². The van der Waals surface area contributed by atoms with Gasteiger partial charge in [-0.15, -0.1) is 0 Å². The summed E-state index contributed by atoms with van der Waals surface area (Å²) in [7, 11) is 0. The lowest BCUT2D eigenvalue weighted by molar-refractivity contribution is -0.921. The number of hydrogen-bond donors (Lipinski definition) is 1. The minimum Gasteiger partial charge on any atom is -0.399 e. The van der Waals surface area contributed by atoms with Crippen molar-refractivity contribution in [1.29, 1.82) is 0 Å². The van der Waals surface area contributed by atoms with Crippen LogP contribution in [0, 0.1) is 0 Å². The molecule has 0 aliphatic carbocycles. The molecular formula is C16H28N3+. The zero-order chi connectivity index (χ0) is 13.9. The molecule has 1 aliphatic rings. The largest absolute Gasteiger partial charge is 0.399 e. The maximum absolute atomic E-state index is 5.92. The van der Waals surface area contributed by atoms with E-state index in [-0.39, 0.29) is 0 Å². The number of nitrogens with zero attached hydrogens (tertiary/aromatic N) is 2. The van der Waals surface area contributed by atoms with Crippen LogP contribution in [0.2, 0.25) is 0 Å². The van der Waals surface area contributed by atoms with Crippen molar-refractivity contribution in [1.82, 2.24) is 0 Å². The smallest absolute Gasteiger partial charge is 0.0964 e. The van der Waals surface area contributed by atoms with Gasteiger partial charge in [0.2, 0.25) is 0 Å². The summed E-state index contributed by atoms with van der Waals surface area (Å²) >= 11 is 0. The van der Waals surface area contributed by atoms with Crippen LogP contribution in [0.1, 0.15) is 26.3 Å². The Morgan fingerprint density at radius 2 is 1.84 bits per heavy atom. The van der Waals surface area contributed by atoms with Crippen LogP contribution in [0.5, 0.6) is 0 Å². The molecule has 0 atom stereocenters. The van der Waals surface area contributed by atoms with Gasteiger partial charge in [-0.05, 0) is 44.9 Å². The quantitative estimate of drug-likeness (QED) is 0.630. The van der Waals surface area contributed by atoms with Crippen molar-refractivity contribution >= 4 is 11.4 Å². The van der Waals surface area contributed by atoms with E-state index in [1.807, 2.05) is 6.07 Å². The monoisotopic (exact) mass is 262 g/mol. The third kappa shape index (κ3) is 2.86. The summed E-state index contributed by atoms with van der Waals surface area (Å²) in [5, 5.41) is 0. The third-order valence-corrected chi connectivity index (χ3v) is 4.96. The van der Waals surface area contributed by atoms with Crippen molar-refractivity contribution in [3.05, 3.63) is 23.8 Å². The summed E-state index contributed by atoms with van der Waals surface area (Å²) in [5.74, 6) is 0. The molecular weight excluding hydrogens is 234 g/mol. The molecule has 1 aliphatic heterocycles. The van der Waals surface area contributed by atoms with Gasteiger partial charge in [0.1, 0.15) is 0 Å². The maximum Gasteiger partial charge on any atom is 0.0964 e. The highest BCUT2D eigenvalue weighted by molar-refractivity contribution is 5.64. The molecule has 1 aromatic carbocycles. The van der Waals surface area contributed by atoms with E-state index in [4.69, 9.17) is 5.73 Å². The summed E-state index contributed by atoms with van der Waals surface area (Å²) in [4.78, 5) is 2.51. The average molecular weight is 262 g/mol. The van der Waals surface area contributed by atoms with E-state index < -0.39 is 0 Å². The van der Waals surface area contributed by atoms with E-state index in [0.717, 1.165) is 18.8 Å². The number of hydrogen-bond acceptors (Lipinski definition) is 2. The van der Waals surface area contributed by atoms with E-state index in [1.54, 1.807) is 0 Å². The van der Waals surface area contributed by atoms with Gasteiger partial charge in [0.25, 0.3) is 0 Å². The molecule has 0 radical (unpaired) electrons. The summed E-state index contributed by atoms with van der Waals surface area (Å²) in [6.45, 7) is 14.1. The number of likely N-dealkylation sites (N-methyl/N-ethyl adjacent to an activating group) is 1. The highest BCUT2D eigenvalue weighted by Gasteiger charge is 2.25. The second kappa shape index (κ2) is 5.83. The summed E-state index contributed by atoms with van der Waals surface area (Å²) in [6, 6.07) is 6.35. The summed E-state index contributed by atoms with van der Waals surface area (Å²) in [6.07, 6.45) is 1.17. The predicted molar refractivity (Wildman–Crippen MR) is 83.5 cm³/mol. The lowest BCUT2D eigenvalue weighted by Crippen LogP contribution is -2.51. The van der Waals surface area contributed by atoms with Crippen LogP contribution in [-0.2, 0) is 6.42 Å². The third-order valence-electron chi connectivity index (χ3n) is 4.96. The van der Waals surface area contributed by atoms with Gasteiger partial charge in [0, 0.05) is 17.9 Å². The highest BCUT2D eigenvalue weighted by atomic mass is 15.4. The molecule has 106 valence electrons. The first-order chi connectivity index (χ1) is 9.14. The summed E-state index contributed by atoms with van der Waals surface area (Å²) < 4.78 is 1.22. The van der Waals surface area contributed by atoms with Gasteiger partial charge in [0.05, 0.1) is 32.7 Å². The zero-order valence-corrected chi connectivity index (χ0v) is 12.7. The Labute approximate surface area is 117 Å². The summed E-state index contributed by atoms with van der Waals surface area (Å²) in [5.41, 5.74) is 9.62. The number of fused-ring (bicyclic) bond motifs is 1. The molecule has 0 saturated heterocycles. The molecule has 3 heteroatoms. The molecule has 2 rings (SSSR count). The van der Waals surface area contributed by atoms with Crippen molar-refractivity contribution in [3.63, 3.8) is 0 Å². The fraction of sp³-hybridized carbons (Fsp3) is 0.625. The fourth-order valence-corrected chi connectivity index (χ4v) is 3.17. The van der Waals surface area contributed by atoms with Gasteiger partial charge in [-0.25, -0.2) is 0 Å². The van der Waals surface area contributed by atoms with E-state index >= 15 is 0 Å². The molecule has 1 heterocycles. The first-order valence-corrected chi connectivity index (χ1v) is 7.62. The molecule has 0 fully saturated rings. The number of quaternary nitrogens is 1. The van der Waals surface area contributed by atoms with E-state index in [9.17, 15) is 0 Å². The minimum atomic E-state index is 0.882. The Morgan fingerprint density at radius 1 is 1.16 bits per heavy atom. The van der Waals surface area contributed by atoms with E-state index in [2.05, 4.69) is 37.8 Å². The van der Waals surface area contributed by atoms with Gasteiger partial charge >= 0.3 is 0 Å². The molecule has 19 heavy (non-hydrogen) atoms. The van der Waals surface area contributed by atoms with Crippen LogP contribution < -0.4 is 10.6 Å². The van der Waals surface area contributed by atoms with Gasteiger partial charge in [-0.1, -0.05) is 6.07 Å². The first-order valence-electron chi connectivity index (χ1n) is 7.62. The van der Waals surface area contributed by atoms with Gasteiger partial charge in [0.15, 0.2) is 0 Å². The molecule has 2 N–H and O–H groups in total. The average Bonchev–Trinajstić information content (AvgIpc) is 2.83. The van der Waals surface area contributed by atoms with Crippen molar-refractivity contribution in [2.75, 3.05) is 49.9 Å². The van der Waals surface area contributed by atoms with Gasteiger partial charge in [-0.3, -0.25) is 0 Å². The predicted octanol–water partition coefficient (Wildman–Crippen LogP) is 2.51. The second-order valence-electron chi connectivity index (χ2n) is 5.64. The number of nitrogens with two attached hydrogens (primary N) is 1. The molecule has 0 saturated carbocycles. The molecule has 0 aromatic heterocycles. The van der Waals surface area contributed by atoms with Crippen LogP contribution in [0.3, 0.4) is 0 Å². The molecule has 0 spiro atoms. The van der Waals surface area contributed by atoms with Crippen molar-refractivity contribution < 1.29 is 4.48 Å². The number of anilines is 2. The fourth-order valence-electron chi connectivity index (χ4n) is 3.17. The zero-order valence-electron chi connectivity index (χ0n) is 12.7. The van der Waals surface area contributed by atoms with Crippen LogP contribution in [0.15, 0.2) is 18.2 Å². The topological polar surface area (TPSA) is 29.3 Å². The lowest BCUT2D eigenvalue weighted by Gasteiger charge is -2.37. The number of nitrogen functional groups attached to an aromatic ring is 1.